The number of fused-ring (bicyclic) bond motifs is 1. The van der Waals surface area contributed by atoms with Crippen LogP contribution in [0.4, 0.5) is 13.2 Å². The van der Waals surface area contributed by atoms with Crippen LogP contribution in [0.25, 0.3) is 11.0 Å². The van der Waals surface area contributed by atoms with Crippen LogP contribution in [0, 0.1) is 11.8 Å². The maximum absolute atomic E-state index is 13.3. The minimum Gasteiger partial charge on any atom is -0.396 e. The zero-order valence-electron chi connectivity index (χ0n) is 23.0. The van der Waals surface area contributed by atoms with Crippen molar-refractivity contribution in [2.24, 2.45) is 11.8 Å². The lowest BCUT2D eigenvalue weighted by atomic mass is 9.80. The molecule has 0 aliphatic heterocycles. The summed E-state index contributed by atoms with van der Waals surface area (Å²) in [5.74, 6) is -0.537. The number of hydrogen-bond donors (Lipinski definition) is 2. The summed E-state index contributed by atoms with van der Waals surface area (Å²) in [7, 11) is -3.35. The second kappa shape index (κ2) is 11.8. The van der Waals surface area contributed by atoms with E-state index in [4.69, 9.17) is 4.98 Å². The number of nitrogens with one attached hydrogen (secondary N) is 1. The maximum atomic E-state index is 13.3. The van der Waals surface area contributed by atoms with Crippen molar-refractivity contribution >= 4 is 26.8 Å². The molecule has 2 aliphatic carbocycles. The van der Waals surface area contributed by atoms with Gasteiger partial charge < -0.3 is 15.0 Å². The SMILES string of the molecule is CCS(=O)(=O)c1ccc([C@H](CCO)NC(=O)c2ccc3c(c2)nc(CC2CCC(C(F)(F)F)CC2)n3C2CC2)cc1. The summed E-state index contributed by atoms with van der Waals surface area (Å²) in [6, 6.07) is 11.5. The Kier molecular flexibility index (Phi) is 8.48. The summed E-state index contributed by atoms with van der Waals surface area (Å²) >= 11 is 0. The molecule has 11 heteroatoms. The van der Waals surface area contributed by atoms with Gasteiger partial charge in [-0.2, -0.15) is 13.2 Å². The molecule has 2 saturated carbocycles. The number of nitrogens with zero attached hydrogens (tertiary/aromatic N) is 2. The predicted molar refractivity (Wildman–Crippen MR) is 149 cm³/mol. The summed E-state index contributed by atoms with van der Waals surface area (Å²) in [5.41, 5.74) is 2.69. The molecule has 2 N–H and O–H groups in total. The second-order valence-electron chi connectivity index (χ2n) is 11.3. The standard InChI is InChI=1S/C30H36F3N3O4S/c1-2-41(39,40)24-12-5-20(6-13-24)25(15-16-37)35-29(38)21-7-14-27-26(18-21)34-28(36(27)23-10-11-23)17-19-3-8-22(9-4-19)30(31,32)33/h5-7,12-14,18-19,22-23,25,37H,2-4,8-11,15-17H2,1H3,(H,35,38)/t19?,22?,25-/m0/s1. The molecule has 222 valence electrons. The lowest BCUT2D eigenvalue weighted by Gasteiger charge is -2.29. The van der Waals surface area contributed by atoms with Gasteiger partial charge in [0.2, 0.25) is 0 Å². The highest BCUT2D eigenvalue weighted by Gasteiger charge is 2.41. The number of rotatable bonds is 10. The number of amides is 1. The Balaban J connectivity index is 1.33. The monoisotopic (exact) mass is 591 g/mol. The van der Waals surface area contributed by atoms with Crippen LogP contribution >= 0.6 is 0 Å². The van der Waals surface area contributed by atoms with E-state index in [0.29, 0.717) is 41.9 Å². The van der Waals surface area contributed by atoms with E-state index in [1.54, 1.807) is 31.2 Å². The highest BCUT2D eigenvalue weighted by atomic mass is 32.2. The highest BCUT2D eigenvalue weighted by Crippen LogP contribution is 2.43. The smallest absolute Gasteiger partial charge is 0.391 e. The molecular formula is C30H36F3N3O4S. The minimum atomic E-state index is -4.13. The quantitative estimate of drug-likeness (QED) is 0.304. The molecule has 0 radical (unpaired) electrons. The predicted octanol–water partition coefficient (Wildman–Crippen LogP) is 5.93. The van der Waals surface area contributed by atoms with E-state index in [-0.39, 0.29) is 48.3 Å². The van der Waals surface area contributed by atoms with Crippen molar-refractivity contribution < 1.29 is 31.5 Å². The summed E-state index contributed by atoms with van der Waals surface area (Å²) in [5, 5.41) is 12.6. The van der Waals surface area contributed by atoms with Gasteiger partial charge in [0.15, 0.2) is 9.84 Å². The van der Waals surface area contributed by atoms with Gasteiger partial charge in [0.25, 0.3) is 5.91 Å². The number of hydrogen-bond acceptors (Lipinski definition) is 5. The topological polar surface area (TPSA) is 101 Å². The molecule has 0 unspecified atom stereocenters. The van der Waals surface area contributed by atoms with Gasteiger partial charge >= 0.3 is 6.18 Å². The summed E-state index contributed by atoms with van der Waals surface area (Å²) in [6.45, 7) is 1.41. The third kappa shape index (κ3) is 6.61. The summed E-state index contributed by atoms with van der Waals surface area (Å²) in [6.07, 6.45) is 0.198. The Bertz CT molecular complexity index is 1490. The van der Waals surface area contributed by atoms with Crippen molar-refractivity contribution in [1.29, 1.82) is 0 Å². The molecule has 41 heavy (non-hydrogen) atoms. The van der Waals surface area contributed by atoms with Crippen molar-refractivity contribution in [2.75, 3.05) is 12.4 Å². The van der Waals surface area contributed by atoms with Gasteiger partial charge in [-0.05, 0) is 86.8 Å². The molecule has 2 fully saturated rings. The average molecular weight is 592 g/mol. The number of alkyl halides is 3. The van der Waals surface area contributed by atoms with E-state index in [9.17, 15) is 31.5 Å². The molecule has 2 aromatic carbocycles. The zero-order valence-corrected chi connectivity index (χ0v) is 23.8. The number of imidazole rings is 1. The number of carbonyl (C=O) groups is 1. The van der Waals surface area contributed by atoms with Gasteiger partial charge in [-0.15, -0.1) is 0 Å². The van der Waals surface area contributed by atoms with Gasteiger partial charge in [0.05, 0.1) is 33.6 Å². The minimum absolute atomic E-state index is 0.0109. The van der Waals surface area contributed by atoms with Gasteiger partial charge in [0.1, 0.15) is 5.82 Å². The van der Waals surface area contributed by atoms with Crippen molar-refractivity contribution in [3.05, 3.63) is 59.4 Å². The fraction of sp³-hybridized carbons (Fsp3) is 0.533. The van der Waals surface area contributed by atoms with Crippen LogP contribution in [0.1, 0.15) is 85.7 Å². The van der Waals surface area contributed by atoms with Crippen LogP contribution in [0.3, 0.4) is 0 Å². The van der Waals surface area contributed by atoms with Crippen molar-refractivity contribution in [1.82, 2.24) is 14.9 Å². The third-order valence-corrected chi connectivity index (χ3v) is 10.2. The fourth-order valence-corrected chi connectivity index (χ4v) is 6.78. The molecule has 0 bridgehead atoms. The summed E-state index contributed by atoms with van der Waals surface area (Å²) < 4.78 is 65.9. The van der Waals surface area contributed by atoms with Crippen molar-refractivity contribution in [3.8, 4) is 0 Å². The Morgan fingerprint density at radius 1 is 1.07 bits per heavy atom. The van der Waals surface area contributed by atoms with E-state index < -0.39 is 28.0 Å². The molecule has 3 aromatic rings. The van der Waals surface area contributed by atoms with E-state index in [1.807, 2.05) is 6.07 Å². The Hall–Kier alpha value is -2.92. The lowest BCUT2D eigenvalue weighted by Crippen LogP contribution is -2.29. The van der Waals surface area contributed by atoms with Gasteiger partial charge in [-0.1, -0.05) is 19.1 Å². The van der Waals surface area contributed by atoms with Crippen molar-refractivity contribution in [3.63, 3.8) is 0 Å². The Morgan fingerprint density at radius 2 is 1.76 bits per heavy atom. The number of sulfone groups is 1. The van der Waals surface area contributed by atoms with E-state index in [2.05, 4.69) is 9.88 Å². The number of carbonyl (C=O) groups excluding carboxylic acids is 1. The van der Waals surface area contributed by atoms with Gasteiger partial charge in [0, 0.05) is 24.6 Å². The van der Waals surface area contributed by atoms with Crippen LogP contribution < -0.4 is 5.32 Å². The van der Waals surface area contributed by atoms with Crippen LogP contribution in [0.5, 0.6) is 0 Å². The molecule has 5 rings (SSSR count). The first-order valence-electron chi connectivity index (χ1n) is 14.3. The number of benzene rings is 2. The molecule has 0 saturated heterocycles. The van der Waals surface area contributed by atoms with E-state index >= 15 is 0 Å². The van der Waals surface area contributed by atoms with Crippen molar-refractivity contribution in [2.45, 2.75) is 81.4 Å². The van der Waals surface area contributed by atoms with Gasteiger partial charge in [-0.3, -0.25) is 4.79 Å². The normalized spacial score (nSPS) is 20.7. The number of halogens is 3. The van der Waals surface area contributed by atoms with Crippen LogP contribution in [-0.4, -0.2) is 47.5 Å². The number of aliphatic hydroxyl groups is 1. The molecule has 1 heterocycles. The molecule has 7 nitrogen and oxygen atoms in total. The largest absolute Gasteiger partial charge is 0.396 e. The zero-order chi connectivity index (χ0) is 29.4. The molecule has 1 aromatic heterocycles. The van der Waals surface area contributed by atoms with E-state index in [0.717, 1.165) is 24.2 Å². The number of aromatic nitrogens is 2. The Labute approximate surface area is 238 Å². The third-order valence-electron chi connectivity index (χ3n) is 8.46. The molecule has 2 aliphatic rings. The first-order valence-corrected chi connectivity index (χ1v) is 16.0. The average Bonchev–Trinajstić information content (AvgIpc) is 3.72. The maximum Gasteiger partial charge on any atom is 0.391 e. The van der Waals surface area contributed by atoms with Gasteiger partial charge in [-0.25, -0.2) is 13.4 Å². The van der Waals surface area contributed by atoms with E-state index in [1.165, 1.54) is 12.1 Å². The first kappa shape index (κ1) is 29.6. The molecular weight excluding hydrogens is 555 g/mol. The molecule has 1 atom stereocenters. The molecule has 1 amide bonds. The summed E-state index contributed by atoms with van der Waals surface area (Å²) in [4.78, 5) is 18.3. The Morgan fingerprint density at radius 3 is 2.34 bits per heavy atom. The lowest BCUT2D eigenvalue weighted by molar-refractivity contribution is -0.183. The van der Waals surface area contributed by atoms with Crippen LogP contribution in [0.15, 0.2) is 47.4 Å². The highest BCUT2D eigenvalue weighted by molar-refractivity contribution is 7.91. The first-order chi connectivity index (χ1) is 19.5. The van der Waals surface area contributed by atoms with Crippen LogP contribution in [-0.2, 0) is 16.3 Å². The second-order valence-corrected chi connectivity index (χ2v) is 13.6. The number of aliphatic hydroxyl groups excluding tert-OH is 1. The molecule has 0 spiro atoms. The fourth-order valence-electron chi connectivity index (χ4n) is 5.89. The van der Waals surface area contributed by atoms with Crippen LogP contribution in [0.2, 0.25) is 0 Å².